The summed E-state index contributed by atoms with van der Waals surface area (Å²) in [5, 5.41) is 2.17. The lowest BCUT2D eigenvalue weighted by molar-refractivity contribution is 0.213. The first-order chi connectivity index (χ1) is 7.06. The van der Waals surface area contributed by atoms with Crippen LogP contribution in [-0.2, 0) is 0 Å². The first-order valence-electron chi connectivity index (χ1n) is 5.62. The maximum Gasteiger partial charge on any atom is 0.0442 e. The third kappa shape index (κ3) is 3.45. The van der Waals surface area contributed by atoms with Gasteiger partial charge in [-0.3, -0.25) is 4.90 Å². The van der Waals surface area contributed by atoms with Crippen molar-refractivity contribution in [3.05, 3.63) is 22.4 Å². The predicted molar refractivity (Wildman–Crippen MR) is 73.4 cm³/mol. The van der Waals surface area contributed by atoms with Gasteiger partial charge in [0, 0.05) is 23.0 Å². The minimum atomic E-state index is -0.0835. The molecule has 1 fully saturated rings. The van der Waals surface area contributed by atoms with Crippen molar-refractivity contribution in [2.45, 2.75) is 38.3 Å². The van der Waals surface area contributed by atoms with Gasteiger partial charge in [0.2, 0.25) is 0 Å². The number of likely N-dealkylation sites (tertiary alicyclic amines) is 1. The van der Waals surface area contributed by atoms with Crippen LogP contribution < -0.4 is 5.73 Å². The highest BCUT2D eigenvalue weighted by atomic mass is 35.5. The highest BCUT2D eigenvalue weighted by Gasteiger charge is 2.29. The average molecular weight is 261 g/mol. The number of nitrogens with zero attached hydrogens (tertiary/aromatic N) is 1. The molecule has 0 aliphatic carbocycles. The molecule has 1 aliphatic heterocycles. The largest absolute Gasteiger partial charge is 0.324 e. The van der Waals surface area contributed by atoms with E-state index in [4.69, 9.17) is 5.73 Å². The lowest BCUT2D eigenvalue weighted by Gasteiger charge is -2.30. The molecule has 4 heteroatoms. The summed E-state index contributed by atoms with van der Waals surface area (Å²) in [6.45, 7) is 6.41. The summed E-state index contributed by atoms with van der Waals surface area (Å²) in [7, 11) is 0. The second kappa shape index (κ2) is 5.50. The van der Waals surface area contributed by atoms with E-state index in [1.807, 2.05) is 11.3 Å². The van der Waals surface area contributed by atoms with E-state index < -0.39 is 0 Å². The van der Waals surface area contributed by atoms with Crippen LogP contribution in [0.2, 0.25) is 0 Å². The van der Waals surface area contributed by atoms with E-state index in [0.717, 1.165) is 6.54 Å². The Balaban J connectivity index is 0.00000128. The van der Waals surface area contributed by atoms with Crippen molar-refractivity contribution in [1.82, 2.24) is 4.90 Å². The van der Waals surface area contributed by atoms with Crippen molar-refractivity contribution < 1.29 is 0 Å². The number of thiophene rings is 1. The Bertz CT molecular complexity index is 305. The maximum atomic E-state index is 6.09. The monoisotopic (exact) mass is 260 g/mol. The van der Waals surface area contributed by atoms with Gasteiger partial charge in [0.05, 0.1) is 0 Å². The van der Waals surface area contributed by atoms with Gasteiger partial charge in [-0.2, -0.15) is 0 Å². The fourth-order valence-corrected chi connectivity index (χ4v) is 3.24. The first kappa shape index (κ1) is 14.0. The smallest absolute Gasteiger partial charge is 0.0442 e. The molecular weight excluding hydrogens is 240 g/mol. The fourth-order valence-electron chi connectivity index (χ4n) is 2.34. The van der Waals surface area contributed by atoms with Crippen molar-refractivity contribution in [2.24, 2.45) is 5.73 Å². The molecule has 92 valence electrons. The van der Waals surface area contributed by atoms with Gasteiger partial charge in [-0.25, -0.2) is 0 Å². The van der Waals surface area contributed by atoms with Crippen LogP contribution in [0.5, 0.6) is 0 Å². The number of hydrogen-bond donors (Lipinski definition) is 1. The Morgan fingerprint density at radius 2 is 2.31 bits per heavy atom. The van der Waals surface area contributed by atoms with E-state index in [2.05, 4.69) is 36.3 Å². The number of halogens is 1. The van der Waals surface area contributed by atoms with Gasteiger partial charge in [-0.15, -0.1) is 23.7 Å². The molecule has 1 saturated heterocycles. The fraction of sp³-hybridized carbons (Fsp3) is 0.667. The number of rotatable bonds is 3. The molecule has 2 heterocycles. The van der Waals surface area contributed by atoms with Gasteiger partial charge in [0.25, 0.3) is 0 Å². The molecule has 2 nitrogen and oxygen atoms in total. The minimum absolute atomic E-state index is 0. The Kier molecular flexibility index (Phi) is 4.80. The molecule has 0 radical (unpaired) electrons. The topological polar surface area (TPSA) is 29.3 Å². The molecule has 2 rings (SSSR count). The maximum absolute atomic E-state index is 6.09. The van der Waals surface area contributed by atoms with E-state index in [0.29, 0.717) is 6.04 Å². The van der Waals surface area contributed by atoms with Gasteiger partial charge in [0.1, 0.15) is 0 Å². The van der Waals surface area contributed by atoms with Crippen molar-refractivity contribution in [2.75, 3.05) is 13.1 Å². The lowest BCUT2D eigenvalue weighted by atomic mass is 10.1. The summed E-state index contributed by atoms with van der Waals surface area (Å²) in [5.41, 5.74) is 6.01. The molecule has 2 N–H and O–H groups in total. The van der Waals surface area contributed by atoms with Gasteiger partial charge >= 0.3 is 0 Å². The zero-order valence-corrected chi connectivity index (χ0v) is 11.6. The Morgan fingerprint density at radius 3 is 2.88 bits per heavy atom. The molecule has 0 spiro atoms. The van der Waals surface area contributed by atoms with Crippen LogP contribution >= 0.6 is 23.7 Å². The molecule has 1 aliphatic rings. The van der Waals surface area contributed by atoms with E-state index in [1.54, 1.807) is 0 Å². The minimum Gasteiger partial charge on any atom is -0.324 e. The summed E-state index contributed by atoms with van der Waals surface area (Å²) < 4.78 is 0. The standard InChI is InChI=1S/C12H20N2S.ClH/c1-12(2,13)9-14-7-3-5-10(14)11-6-4-8-15-11;/h4,6,8,10H,3,5,7,9,13H2,1-2H3;1H. The van der Waals surface area contributed by atoms with E-state index in [-0.39, 0.29) is 17.9 Å². The van der Waals surface area contributed by atoms with Crippen LogP contribution in [0.3, 0.4) is 0 Å². The second-order valence-corrected chi connectivity index (χ2v) is 6.11. The molecule has 0 aromatic carbocycles. The average Bonchev–Trinajstić information content (AvgIpc) is 2.68. The zero-order chi connectivity index (χ0) is 10.9. The van der Waals surface area contributed by atoms with E-state index in [9.17, 15) is 0 Å². The van der Waals surface area contributed by atoms with Crippen LogP contribution in [-0.4, -0.2) is 23.5 Å². The highest BCUT2D eigenvalue weighted by molar-refractivity contribution is 7.10. The molecule has 1 atom stereocenters. The second-order valence-electron chi connectivity index (χ2n) is 5.13. The molecule has 1 aromatic heterocycles. The molecule has 0 bridgehead atoms. The third-order valence-corrected chi connectivity index (χ3v) is 3.82. The van der Waals surface area contributed by atoms with Crippen LogP contribution in [0.25, 0.3) is 0 Å². The van der Waals surface area contributed by atoms with Gasteiger partial charge in [-0.05, 0) is 44.7 Å². The molecular formula is C12H21ClN2S. The van der Waals surface area contributed by atoms with Crippen LogP contribution in [0.15, 0.2) is 17.5 Å². The summed E-state index contributed by atoms with van der Waals surface area (Å²) in [5.74, 6) is 0. The van der Waals surface area contributed by atoms with Crippen molar-refractivity contribution in [3.8, 4) is 0 Å². The molecule has 1 aromatic rings. The summed E-state index contributed by atoms with van der Waals surface area (Å²) in [6.07, 6.45) is 2.59. The number of hydrogen-bond acceptors (Lipinski definition) is 3. The van der Waals surface area contributed by atoms with Crippen LogP contribution in [0, 0.1) is 0 Å². The van der Waals surface area contributed by atoms with Gasteiger partial charge in [-0.1, -0.05) is 6.07 Å². The van der Waals surface area contributed by atoms with Crippen LogP contribution in [0.4, 0.5) is 0 Å². The summed E-state index contributed by atoms with van der Waals surface area (Å²) in [4.78, 5) is 4.03. The lowest BCUT2D eigenvalue weighted by Crippen LogP contribution is -2.44. The quantitative estimate of drug-likeness (QED) is 0.905. The molecule has 0 amide bonds. The van der Waals surface area contributed by atoms with Crippen LogP contribution in [0.1, 0.15) is 37.6 Å². The van der Waals surface area contributed by atoms with Crippen molar-refractivity contribution >= 4 is 23.7 Å². The molecule has 1 unspecified atom stereocenters. The predicted octanol–water partition coefficient (Wildman–Crippen LogP) is 3.04. The first-order valence-corrected chi connectivity index (χ1v) is 6.50. The Labute approximate surface area is 108 Å². The zero-order valence-electron chi connectivity index (χ0n) is 9.98. The normalized spacial score (nSPS) is 22.1. The van der Waals surface area contributed by atoms with E-state index >= 15 is 0 Å². The van der Waals surface area contributed by atoms with E-state index in [1.165, 1.54) is 24.3 Å². The van der Waals surface area contributed by atoms with Gasteiger partial charge < -0.3 is 5.73 Å². The Morgan fingerprint density at radius 1 is 1.56 bits per heavy atom. The van der Waals surface area contributed by atoms with Crippen molar-refractivity contribution in [1.29, 1.82) is 0 Å². The van der Waals surface area contributed by atoms with Crippen molar-refractivity contribution in [3.63, 3.8) is 0 Å². The molecule has 16 heavy (non-hydrogen) atoms. The summed E-state index contributed by atoms with van der Waals surface area (Å²) >= 11 is 1.87. The SMILES string of the molecule is CC(C)(N)CN1CCCC1c1cccs1.Cl. The number of nitrogens with two attached hydrogens (primary N) is 1. The highest BCUT2D eigenvalue weighted by Crippen LogP contribution is 2.34. The summed E-state index contributed by atoms with van der Waals surface area (Å²) in [6, 6.07) is 5.01. The Hall–Kier alpha value is -0.0900. The molecule has 0 saturated carbocycles. The van der Waals surface area contributed by atoms with Gasteiger partial charge in [0.15, 0.2) is 0 Å². The third-order valence-electron chi connectivity index (χ3n) is 2.85.